The van der Waals surface area contributed by atoms with Gasteiger partial charge in [0.2, 0.25) is 5.90 Å². The number of benzene rings is 1. The van der Waals surface area contributed by atoms with E-state index in [1.54, 1.807) is 24.4 Å². The van der Waals surface area contributed by atoms with Crippen LogP contribution in [0.15, 0.2) is 110 Å². The van der Waals surface area contributed by atoms with E-state index in [9.17, 15) is 4.79 Å². The number of carbonyl (C=O) groups excluding carboxylic acids is 1. The minimum absolute atomic E-state index is 0.00645. The van der Waals surface area contributed by atoms with Crippen molar-refractivity contribution in [3.63, 3.8) is 0 Å². The van der Waals surface area contributed by atoms with Crippen molar-refractivity contribution in [3.05, 3.63) is 108 Å². The second kappa shape index (κ2) is 12.2. The molecule has 2 N–H and O–H groups in total. The number of carbonyl (C=O) groups is 1. The normalized spacial score (nSPS) is 17.4. The molecule has 0 aliphatic carbocycles. The Labute approximate surface area is 211 Å². The molecule has 1 amide bonds. The molecule has 0 saturated carbocycles. The molecule has 2 aliphatic heterocycles. The monoisotopic (exact) mass is 568 g/mol. The number of ether oxygens (including phenoxy) is 1. The van der Waals surface area contributed by atoms with E-state index in [0.717, 1.165) is 26.0 Å². The second-order valence-corrected chi connectivity index (χ2v) is 9.52. The molecule has 7 heteroatoms. The van der Waals surface area contributed by atoms with Crippen LogP contribution in [0, 0.1) is 0 Å². The van der Waals surface area contributed by atoms with Crippen molar-refractivity contribution in [1.29, 1.82) is 0 Å². The van der Waals surface area contributed by atoms with Gasteiger partial charge in [0.1, 0.15) is 5.82 Å². The van der Waals surface area contributed by atoms with E-state index in [1.807, 2.05) is 61.2 Å². The molecule has 2 aliphatic rings. The standard InChI is InChI=1S/C27H29IN4O2/c1-5-7-11-21(6-2)27(33)32-16-14-22(15-17-32)19(3)18-30-25(29)20(4)24-28-31-26(34-24)23-12-9-8-10-13-23/h5-14,18H,1,3,15-17,29H2,2,4H3/b11-7-,21-6+,25-20+,30-18?. The van der Waals surface area contributed by atoms with Crippen LogP contribution in [0.1, 0.15) is 25.8 Å². The van der Waals surface area contributed by atoms with Crippen LogP contribution in [0.5, 0.6) is 0 Å². The zero-order valence-electron chi connectivity index (χ0n) is 19.5. The van der Waals surface area contributed by atoms with Crippen LogP contribution in [0.25, 0.3) is 0 Å². The van der Waals surface area contributed by atoms with E-state index >= 15 is 0 Å². The van der Waals surface area contributed by atoms with Crippen LogP contribution in [0.2, 0.25) is 0 Å². The van der Waals surface area contributed by atoms with E-state index in [4.69, 9.17) is 10.5 Å². The predicted octanol–water partition coefficient (Wildman–Crippen LogP) is 5.14. The molecule has 0 saturated heterocycles. The number of amides is 1. The van der Waals surface area contributed by atoms with Crippen LogP contribution in [-0.4, -0.2) is 39.7 Å². The molecule has 1 aromatic carbocycles. The fraction of sp³-hybridized carbons (Fsp3) is 0.185. The first-order chi connectivity index (χ1) is 16.4. The molecular weight excluding hydrogens is 539 g/mol. The number of halogens is 1. The molecule has 0 bridgehead atoms. The summed E-state index contributed by atoms with van der Waals surface area (Å²) in [6.07, 6.45) is 11.4. The van der Waals surface area contributed by atoms with Crippen LogP contribution < -0.4 is 5.73 Å². The average molecular weight is 568 g/mol. The molecule has 3 rings (SSSR count). The van der Waals surface area contributed by atoms with Gasteiger partial charge in [0, 0.05) is 36.0 Å². The first kappa shape index (κ1) is 25.3. The van der Waals surface area contributed by atoms with E-state index in [1.165, 1.54) is 0 Å². The maximum absolute atomic E-state index is 12.7. The zero-order valence-corrected chi connectivity index (χ0v) is 21.7. The van der Waals surface area contributed by atoms with Crippen molar-refractivity contribution in [2.45, 2.75) is 20.3 Å². The van der Waals surface area contributed by atoms with Gasteiger partial charge in [-0.2, -0.15) is 3.21 Å². The average Bonchev–Trinajstić information content (AvgIpc) is 3.38. The number of hydrogen-bond acceptors (Lipinski definition) is 5. The van der Waals surface area contributed by atoms with E-state index in [2.05, 4.69) is 21.4 Å². The van der Waals surface area contributed by atoms with Gasteiger partial charge in [0.15, 0.2) is 3.69 Å². The van der Waals surface area contributed by atoms with Crippen LogP contribution in [0.3, 0.4) is 0 Å². The Bertz CT molecular complexity index is 1180. The second-order valence-electron chi connectivity index (χ2n) is 7.58. The van der Waals surface area contributed by atoms with Crippen molar-refractivity contribution in [3.8, 4) is 0 Å². The summed E-state index contributed by atoms with van der Waals surface area (Å²) in [4.78, 5) is 18.9. The smallest absolute Gasteiger partial charge is 0.253 e. The van der Waals surface area contributed by atoms with Crippen LogP contribution in [-0.2, 0) is 9.53 Å². The molecule has 2 heterocycles. The van der Waals surface area contributed by atoms with Gasteiger partial charge in [-0.3, -0.25) is 4.79 Å². The number of aliphatic imine (C=N–C) groups is 1. The molecule has 0 atom stereocenters. The summed E-state index contributed by atoms with van der Waals surface area (Å²) < 4.78 is 11.3. The molecule has 34 heavy (non-hydrogen) atoms. The molecule has 1 aromatic rings. The highest BCUT2D eigenvalue weighted by Gasteiger charge is 2.20. The fourth-order valence-corrected chi connectivity index (χ4v) is 5.00. The first-order valence-electron chi connectivity index (χ1n) is 10.9. The van der Waals surface area contributed by atoms with E-state index in [-0.39, 0.29) is 5.91 Å². The Morgan fingerprint density at radius 3 is 2.74 bits per heavy atom. The van der Waals surface area contributed by atoms with Crippen molar-refractivity contribution in [2.75, 3.05) is 13.1 Å². The minimum atomic E-state index is -0.642. The third-order valence-corrected chi connectivity index (χ3v) is 7.47. The lowest BCUT2D eigenvalue weighted by Crippen LogP contribution is -2.35. The number of allylic oxidation sites excluding steroid dienone is 4. The van der Waals surface area contributed by atoms with Crippen molar-refractivity contribution in [2.24, 2.45) is 13.9 Å². The van der Waals surface area contributed by atoms with Gasteiger partial charge in [-0.25, -0.2) is 4.99 Å². The summed E-state index contributed by atoms with van der Waals surface area (Å²) in [7, 11) is 0. The maximum atomic E-state index is 12.7. The molecule has 0 radical (unpaired) electrons. The van der Waals surface area contributed by atoms with Gasteiger partial charge in [-0.15, -0.1) is 0 Å². The lowest BCUT2D eigenvalue weighted by molar-refractivity contribution is -0.126. The maximum Gasteiger partial charge on any atom is 0.253 e. The molecule has 6 nitrogen and oxygen atoms in total. The summed E-state index contributed by atoms with van der Waals surface area (Å²) in [6.45, 7) is 12.7. The third kappa shape index (κ3) is 6.38. The predicted molar refractivity (Wildman–Crippen MR) is 150 cm³/mol. The molecule has 0 fully saturated rings. The first-order valence-corrected chi connectivity index (χ1v) is 12.9. The number of hydrogen-bond donors (Lipinski definition) is 1. The van der Waals surface area contributed by atoms with Crippen molar-refractivity contribution in [1.82, 2.24) is 4.90 Å². The van der Waals surface area contributed by atoms with Gasteiger partial charge in [-0.05, 0) is 49.6 Å². The van der Waals surface area contributed by atoms with Crippen LogP contribution in [0.4, 0.5) is 0 Å². The Hall–Kier alpha value is -3.33. The number of nitrogens with two attached hydrogens (primary N) is 1. The Morgan fingerprint density at radius 2 is 2.09 bits per heavy atom. The number of rotatable bonds is 8. The van der Waals surface area contributed by atoms with Crippen molar-refractivity contribution >= 4 is 42.7 Å². The van der Waals surface area contributed by atoms with Crippen molar-refractivity contribution < 1.29 is 9.53 Å². The lowest BCUT2D eigenvalue weighted by Gasteiger charge is -2.27. The molecule has 0 unspecified atom stereocenters. The SMILES string of the molecule is C=C/C=C\C(=C/C)C(=O)N1CC=C(C(=C)C=N/C(N)=C(\C)C2=IN=C(c3ccccc3)O2)CC1. The summed E-state index contributed by atoms with van der Waals surface area (Å²) in [5, 5.41) is 0. The number of nitrogens with zero attached hydrogens (tertiary/aromatic N) is 3. The summed E-state index contributed by atoms with van der Waals surface area (Å²) >= 11 is -0.642. The largest absolute Gasteiger partial charge is 0.430 e. The highest BCUT2D eigenvalue weighted by molar-refractivity contribution is 14.2. The summed E-state index contributed by atoms with van der Waals surface area (Å²) in [6, 6.07) is 9.82. The van der Waals surface area contributed by atoms with Gasteiger partial charge in [0.05, 0.1) is 21.0 Å². The molecule has 176 valence electrons. The quantitative estimate of drug-likeness (QED) is 0.204. The van der Waals surface area contributed by atoms with Gasteiger partial charge in [-0.1, -0.05) is 55.7 Å². The highest BCUT2D eigenvalue weighted by atomic mass is 127. The van der Waals surface area contributed by atoms with Crippen LogP contribution >= 0.6 is 21.0 Å². The summed E-state index contributed by atoms with van der Waals surface area (Å²) in [5.41, 5.74) is 10.5. The fourth-order valence-electron chi connectivity index (χ4n) is 3.24. The lowest BCUT2D eigenvalue weighted by atomic mass is 10.0. The third-order valence-electron chi connectivity index (χ3n) is 5.32. The Kier molecular flexibility index (Phi) is 9.09. The highest BCUT2D eigenvalue weighted by Crippen LogP contribution is 2.24. The van der Waals surface area contributed by atoms with Gasteiger partial charge >= 0.3 is 0 Å². The van der Waals surface area contributed by atoms with E-state index < -0.39 is 21.0 Å². The Morgan fingerprint density at radius 1 is 1.32 bits per heavy atom. The Balaban J connectivity index is 1.59. The zero-order chi connectivity index (χ0) is 24.5. The van der Waals surface area contributed by atoms with Gasteiger partial charge < -0.3 is 15.4 Å². The molecule has 0 aromatic heterocycles. The minimum Gasteiger partial charge on any atom is -0.430 e. The van der Waals surface area contributed by atoms with Gasteiger partial charge in [0.25, 0.3) is 5.91 Å². The summed E-state index contributed by atoms with van der Waals surface area (Å²) in [5.74, 6) is 1.03. The topological polar surface area (TPSA) is 80.3 Å². The molecule has 0 spiro atoms. The van der Waals surface area contributed by atoms with E-state index in [0.29, 0.717) is 36.8 Å². The molecular formula is C27H29IN4O2.